The van der Waals surface area contributed by atoms with Gasteiger partial charge in [-0.1, -0.05) is 289 Å². The van der Waals surface area contributed by atoms with Crippen LogP contribution in [-0.2, 0) is 10.8 Å². The summed E-state index contributed by atoms with van der Waals surface area (Å²) in [7, 11) is 0. The van der Waals surface area contributed by atoms with Crippen LogP contribution in [0.2, 0.25) is 0 Å². The minimum Gasteiger partial charge on any atom is -0.456 e. The standard InChI is InChI=1S/C100H70N2O2/c1-99(2,3)87-47-44-80-83-54-69(63-29-20-31-65(51-63)72-33-14-15-34-73(72)67-43-46-86-82(53-67)78-37-18-19-40-85(78)100(86,4)5)56-90-93(83)96-81(84-57-71(58-91-94(84)95(80)97(87)103-91)101-50-49-76-68(59-101)42-41-62-28-22-39-75(92(62)76)61-25-10-7-11-26-61)45-48-88(98(96)104-90)102(70-32-21-30-64(52-70)60-23-8-6-9-24-60)89-55-66-27-12-13-35-74(66)77-36-16-17-38-79(77)89/h6-49,51-59H,50H2,1-5H3. The van der Waals surface area contributed by atoms with E-state index in [2.05, 4.69) is 366 Å². The second-order valence-electron chi connectivity index (χ2n) is 30.2. The van der Waals surface area contributed by atoms with Crippen molar-refractivity contribution in [2.75, 3.05) is 16.3 Å². The van der Waals surface area contributed by atoms with Gasteiger partial charge in [-0.05, 0) is 197 Å². The molecule has 4 nitrogen and oxygen atoms in total. The van der Waals surface area contributed by atoms with Crippen LogP contribution in [0.5, 0.6) is 0 Å². The molecule has 0 fully saturated rings. The fourth-order valence-electron chi connectivity index (χ4n) is 18.0. The van der Waals surface area contributed by atoms with Crippen LogP contribution >= 0.6 is 0 Å². The Morgan fingerprint density at radius 2 is 0.942 bits per heavy atom. The molecule has 19 aromatic rings. The van der Waals surface area contributed by atoms with Crippen LogP contribution in [0.25, 0.3) is 177 Å². The van der Waals surface area contributed by atoms with E-state index in [-0.39, 0.29) is 10.8 Å². The van der Waals surface area contributed by atoms with Gasteiger partial charge in [0.25, 0.3) is 0 Å². The molecular formula is C100H70N2O2. The van der Waals surface area contributed by atoms with Crippen molar-refractivity contribution >= 4 is 133 Å². The highest BCUT2D eigenvalue weighted by Crippen LogP contribution is 2.55. The van der Waals surface area contributed by atoms with Gasteiger partial charge in [-0.25, -0.2) is 0 Å². The van der Waals surface area contributed by atoms with Gasteiger partial charge in [0.05, 0.1) is 11.4 Å². The van der Waals surface area contributed by atoms with Crippen molar-refractivity contribution in [3.63, 3.8) is 0 Å². The van der Waals surface area contributed by atoms with Gasteiger partial charge in [-0.3, -0.25) is 0 Å². The number of furan rings is 2. The summed E-state index contributed by atoms with van der Waals surface area (Å²) >= 11 is 0. The zero-order chi connectivity index (χ0) is 69.3. The predicted molar refractivity (Wildman–Crippen MR) is 440 cm³/mol. The lowest BCUT2D eigenvalue weighted by Crippen LogP contribution is -2.36. The molecule has 492 valence electrons. The van der Waals surface area contributed by atoms with Crippen LogP contribution in [0.1, 0.15) is 51.3 Å². The Bertz CT molecular complexity index is 6960. The lowest BCUT2D eigenvalue weighted by molar-refractivity contribution is 0.573. The molecule has 2 aliphatic rings. The van der Waals surface area contributed by atoms with E-state index in [1.807, 2.05) is 0 Å². The lowest BCUT2D eigenvalue weighted by atomic mass is 9.82. The number of anilines is 4. The second-order valence-corrected chi connectivity index (χ2v) is 30.2. The molecule has 21 rings (SSSR count). The Morgan fingerprint density at radius 1 is 0.346 bits per heavy atom. The van der Waals surface area contributed by atoms with Gasteiger partial charge in [0.2, 0.25) is 0 Å². The zero-order valence-electron chi connectivity index (χ0n) is 58.5. The van der Waals surface area contributed by atoms with E-state index in [0.29, 0.717) is 6.54 Å². The molecule has 104 heavy (non-hydrogen) atoms. The minimum atomic E-state index is -0.253. The fraction of sp³-hybridized carbons (Fsp3) is 0.0800. The highest BCUT2D eigenvalue weighted by Gasteiger charge is 2.36. The Balaban J connectivity index is 0.841. The molecule has 0 saturated heterocycles. The Kier molecular flexibility index (Phi) is 13.1. The third-order valence-corrected chi connectivity index (χ3v) is 22.9. The molecule has 1 aliphatic heterocycles. The third-order valence-electron chi connectivity index (χ3n) is 22.9. The lowest BCUT2D eigenvalue weighted by Gasteiger charge is -2.28. The summed E-state index contributed by atoms with van der Waals surface area (Å²) in [6.45, 7) is 12.3. The van der Waals surface area contributed by atoms with Crippen molar-refractivity contribution < 1.29 is 8.83 Å². The quantitative estimate of drug-likeness (QED) is 0.135. The van der Waals surface area contributed by atoms with E-state index in [1.165, 1.54) is 82.1 Å². The fourth-order valence-corrected chi connectivity index (χ4v) is 18.0. The van der Waals surface area contributed by atoms with Crippen molar-refractivity contribution in [1.82, 2.24) is 0 Å². The van der Waals surface area contributed by atoms with E-state index in [1.54, 1.807) is 0 Å². The van der Waals surface area contributed by atoms with Crippen LogP contribution < -0.4 is 20.2 Å². The van der Waals surface area contributed by atoms with Crippen molar-refractivity contribution in [2.45, 2.75) is 45.4 Å². The monoisotopic (exact) mass is 1330 g/mol. The SMILES string of the molecule is CC(C)(C)c1ccc2c3cc(-c4cccc(-c5ccccc5-c5ccc6c(c5)-c5ccccc5C6(C)C)c4)cc4oc5c(N(c6cccc(-c7ccccc7)c6)c6cc7ccccc7c7ccccc67)ccc(c6cc(N7C=c8ccc9cccc(-c%10ccccc%10)c9c8=CC7)cc7oc1c2c76)c5c43. The van der Waals surface area contributed by atoms with E-state index >= 15 is 0 Å². The van der Waals surface area contributed by atoms with Gasteiger partial charge < -0.3 is 18.6 Å². The molecule has 3 heterocycles. The maximum atomic E-state index is 7.99. The predicted octanol–water partition coefficient (Wildman–Crippen LogP) is 26.1. The normalized spacial score (nSPS) is 13.4. The van der Waals surface area contributed by atoms with Crippen molar-refractivity contribution in [2.24, 2.45) is 0 Å². The van der Waals surface area contributed by atoms with Gasteiger partial charge in [-0.15, -0.1) is 0 Å². The molecule has 0 N–H and O–H groups in total. The first-order chi connectivity index (χ1) is 50.9. The molecular weight excluding hydrogens is 1260 g/mol. The van der Waals surface area contributed by atoms with Crippen molar-refractivity contribution in [3.05, 3.63) is 337 Å². The van der Waals surface area contributed by atoms with Gasteiger partial charge in [0.15, 0.2) is 5.58 Å². The number of hydrogen-bond acceptors (Lipinski definition) is 4. The van der Waals surface area contributed by atoms with Gasteiger partial charge in [0.1, 0.15) is 16.7 Å². The smallest absolute Gasteiger partial charge is 0.160 e. The Hall–Kier alpha value is -12.8. The molecule has 0 saturated carbocycles. The van der Waals surface area contributed by atoms with Gasteiger partial charge in [-0.2, -0.15) is 0 Å². The van der Waals surface area contributed by atoms with Crippen LogP contribution in [0, 0.1) is 0 Å². The first-order valence-electron chi connectivity index (χ1n) is 36.4. The number of fused-ring (bicyclic) bond motifs is 11. The molecule has 2 aromatic heterocycles. The molecule has 0 spiro atoms. The first kappa shape index (κ1) is 60.0. The summed E-state index contributed by atoms with van der Waals surface area (Å²) in [6.07, 6.45) is 4.77. The minimum absolute atomic E-state index is 0.0822. The third kappa shape index (κ3) is 9.11. The average Bonchev–Trinajstić information content (AvgIpc) is 1.51. The average molecular weight is 1330 g/mol. The van der Waals surface area contributed by atoms with Gasteiger partial charge >= 0.3 is 0 Å². The summed E-state index contributed by atoms with van der Waals surface area (Å²) < 4.78 is 15.6. The van der Waals surface area contributed by atoms with Crippen LogP contribution in [0.4, 0.5) is 22.7 Å². The van der Waals surface area contributed by atoms with E-state index in [9.17, 15) is 0 Å². The highest BCUT2D eigenvalue weighted by molar-refractivity contribution is 6.38. The molecule has 1 aliphatic carbocycles. The van der Waals surface area contributed by atoms with Crippen LogP contribution in [-0.4, -0.2) is 6.54 Å². The Morgan fingerprint density at radius 3 is 1.74 bits per heavy atom. The number of rotatable bonds is 9. The second kappa shape index (κ2) is 22.6. The molecule has 0 atom stereocenters. The summed E-state index contributed by atoms with van der Waals surface area (Å²) in [5, 5.41) is 18.3. The van der Waals surface area contributed by atoms with Gasteiger partial charge in [0, 0.05) is 68.1 Å². The van der Waals surface area contributed by atoms with Crippen molar-refractivity contribution in [3.8, 4) is 66.8 Å². The largest absolute Gasteiger partial charge is 0.456 e. The summed E-state index contributed by atoms with van der Waals surface area (Å²) in [5.74, 6) is 0. The first-order valence-corrected chi connectivity index (χ1v) is 36.4. The van der Waals surface area contributed by atoms with E-state index in [4.69, 9.17) is 8.83 Å². The number of nitrogens with zero attached hydrogens (tertiary/aromatic N) is 2. The molecule has 0 amide bonds. The molecule has 17 aromatic carbocycles. The number of hydrogen-bond donors (Lipinski definition) is 0. The van der Waals surface area contributed by atoms with E-state index in [0.717, 1.165) is 132 Å². The van der Waals surface area contributed by atoms with Crippen molar-refractivity contribution in [1.29, 1.82) is 0 Å². The maximum absolute atomic E-state index is 7.99. The maximum Gasteiger partial charge on any atom is 0.160 e. The highest BCUT2D eigenvalue weighted by atomic mass is 16.3. The summed E-state index contributed by atoms with van der Waals surface area (Å²) in [6, 6.07) is 115. The summed E-state index contributed by atoms with van der Waals surface area (Å²) in [4.78, 5) is 4.88. The molecule has 0 radical (unpaired) electrons. The van der Waals surface area contributed by atoms with Crippen LogP contribution in [0.3, 0.4) is 0 Å². The topological polar surface area (TPSA) is 32.8 Å². The number of benzene rings is 16. The molecule has 4 heteroatoms. The molecule has 0 unspecified atom stereocenters. The Labute approximate surface area is 602 Å². The zero-order valence-corrected chi connectivity index (χ0v) is 58.5. The van der Waals surface area contributed by atoms with Crippen LogP contribution in [0.15, 0.2) is 318 Å². The summed E-state index contributed by atoms with van der Waals surface area (Å²) in [5.41, 5.74) is 25.2. The molecule has 0 bridgehead atoms. The van der Waals surface area contributed by atoms with E-state index < -0.39 is 0 Å².